The van der Waals surface area contributed by atoms with Gasteiger partial charge in [0.25, 0.3) is 0 Å². The van der Waals surface area contributed by atoms with Gasteiger partial charge in [-0.25, -0.2) is 4.98 Å². The number of hydrogen-bond donors (Lipinski definition) is 1. The molecule has 1 atom stereocenters. The standard InChI is InChI=1S/C26H27N3OS/c1-2-9-20(10-3-1)19-30-23-13-6-4-11-21(23)25(29-17-8-15-27-16-18-29)26-28-22-12-5-7-14-24(22)31-26/h1-7,9-14,25,27H,8,15-19H2. The maximum absolute atomic E-state index is 6.36. The summed E-state index contributed by atoms with van der Waals surface area (Å²) in [5.74, 6) is 0.938. The minimum Gasteiger partial charge on any atom is -0.489 e. The van der Waals surface area contributed by atoms with E-state index in [2.05, 4.69) is 83.0 Å². The number of fused-ring (bicyclic) bond motifs is 1. The van der Waals surface area contributed by atoms with Crippen molar-refractivity contribution in [1.82, 2.24) is 15.2 Å². The van der Waals surface area contributed by atoms with Crippen LogP contribution in [0.25, 0.3) is 10.2 Å². The van der Waals surface area contributed by atoms with E-state index in [4.69, 9.17) is 9.72 Å². The molecule has 1 aliphatic heterocycles. The van der Waals surface area contributed by atoms with Crippen LogP contribution in [0.2, 0.25) is 0 Å². The highest BCUT2D eigenvalue weighted by atomic mass is 32.1. The van der Waals surface area contributed by atoms with Gasteiger partial charge in [-0.2, -0.15) is 0 Å². The van der Waals surface area contributed by atoms with Crippen LogP contribution in [0.15, 0.2) is 78.9 Å². The quantitative estimate of drug-likeness (QED) is 0.454. The predicted molar refractivity (Wildman–Crippen MR) is 128 cm³/mol. The lowest BCUT2D eigenvalue weighted by Crippen LogP contribution is -2.33. The molecule has 1 saturated heterocycles. The Morgan fingerprint density at radius 1 is 0.903 bits per heavy atom. The van der Waals surface area contributed by atoms with E-state index in [1.54, 1.807) is 11.3 Å². The third kappa shape index (κ3) is 4.64. The van der Waals surface area contributed by atoms with Crippen LogP contribution in [-0.4, -0.2) is 36.1 Å². The van der Waals surface area contributed by atoms with Crippen molar-refractivity contribution < 1.29 is 4.74 Å². The Balaban J connectivity index is 1.53. The molecule has 1 aliphatic rings. The third-order valence-electron chi connectivity index (χ3n) is 5.73. The van der Waals surface area contributed by atoms with Crippen LogP contribution in [0, 0.1) is 0 Å². The second kappa shape index (κ2) is 9.60. The molecule has 0 amide bonds. The first-order valence-corrected chi connectivity index (χ1v) is 11.8. The van der Waals surface area contributed by atoms with Crippen LogP contribution in [-0.2, 0) is 6.61 Å². The molecule has 0 saturated carbocycles. The average molecular weight is 430 g/mol. The second-order valence-corrected chi connectivity index (χ2v) is 8.94. The Labute approximate surface area is 187 Å². The largest absolute Gasteiger partial charge is 0.489 e. The smallest absolute Gasteiger partial charge is 0.125 e. The topological polar surface area (TPSA) is 37.4 Å². The summed E-state index contributed by atoms with van der Waals surface area (Å²) in [5.41, 5.74) is 3.44. The van der Waals surface area contributed by atoms with Crippen molar-refractivity contribution in [2.75, 3.05) is 26.2 Å². The third-order valence-corrected chi connectivity index (χ3v) is 6.82. The number of nitrogens with one attached hydrogen (secondary N) is 1. The van der Waals surface area contributed by atoms with Gasteiger partial charge < -0.3 is 10.1 Å². The maximum atomic E-state index is 6.36. The summed E-state index contributed by atoms with van der Waals surface area (Å²) >= 11 is 1.80. The number of thiazole rings is 1. The summed E-state index contributed by atoms with van der Waals surface area (Å²) in [7, 11) is 0. The molecule has 1 aromatic heterocycles. The number of para-hydroxylation sites is 2. The maximum Gasteiger partial charge on any atom is 0.125 e. The van der Waals surface area contributed by atoms with Crippen molar-refractivity contribution in [2.45, 2.75) is 19.1 Å². The van der Waals surface area contributed by atoms with Crippen LogP contribution in [0.3, 0.4) is 0 Å². The molecule has 4 aromatic rings. The highest BCUT2D eigenvalue weighted by molar-refractivity contribution is 7.18. The molecule has 1 unspecified atom stereocenters. The summed E-state index contributed by atoms with van der Waals surface area (Å²) in [6.45, 7) is 4.66. The molecular formula is C26H27N3OS. The summed E-state index contributed by atoms with van der Waals surface area (Å²) in [6, 6.07) is 27.3. The molecule has 0 spiro atoms. The minimum absolute atomic E-state index is 0.0873. The average Bonchev–Trinajstić information content (AvgIpc) is 3.06. The molecule has 158 valence electrons. The van der Waals surface area contributed by atoms with Gasteiger partial charge in [-0.05, 0) is 36.7 Å². The lowest BCUT2D eigenvalue weighted by Gasteiger charge is -2.30. The number of nitrogens with zero attached hydrogens (tertiary/aromatic N) is 2. The van der Waals surface area contributed by atoms with Gasteiger partial charge in [-0.3, -0.25) is 4.90 Å². The lowest BCUT2D eigenvalue weighted by atomic mass is 10.0. The fraction of sp³-hybridized carbons (Fsp3) is 0.269. The molecule has 0 radical (unpaired) electrons. The van der Waals surface area contributed by atoms with E-state index in [1.165, 1.54) is 15.8 Å². The van der Waals surface area contributed by atoms with Crippen molar-refractivity contribution in [3.8, 4) is 5.75 Å². The molecule has 3 aromatic carbocycles. The first kappa shape index (κ1) is 20.2. The summed E-state index contributed by atoms with van der Waals surface area (Å²) in [6.07, 6.45) is 1.13. The molecule has 31 heavy (non-hydrogen) atoms. The predicted octanol–water partition coefficient (Wildman–Crippen LogP) is 5.26. The van der Waals surface area contributed by atoms with Crippen molar-refractivity contribution in [3.05, 3.63) is 95.0 Å². The first-order chi connectivity index (χ1) is 15.4. The molecule has 5 rings (SSSR count). The van der Waals surface area contributed by atoms with Crippen LogP contribution >= 0.6 is 11.3 Å². The summed E-state index contributed by atoms with van der Waals surface area (Å²) in [4.78, 5) is 7.61. The molecule has 0 aliphatic carbocycles. The van der Waals surface area contributed by atoms with Gasteiger partial charge in [0.2, 0.25) is 0 Å². The molecule has 4 nitrogen and oxygen atoms in total. The van der Waals surface area contributed by atoms with Gasteiger partial charge in [0.1, 0.15) is 17.4 Å². The van der Waals surface area contributed by atoms with Gasteiger partial charge in [-0.15, -0.1) is 11.3 Å². The minimum atomic E-state index is 0.0873. The van der Waals surface area contributed by atoms with Crippen molar-refractivity contribution in [1.29, 1.82) is 0 Å². The Morgan fingerprint density at radius 3 is 2.61 bits per heavy atom. The fourth-order valence-electron chi connectivity index (χ4n) is 4.19. The molecule has 1 fully saturated rings. The van der Waals surface area contributed by atoms with Crippen LogP contribution < -0.4 is 10.1 Å². The normalized spacial score (nSPS) is 16.1. The van der Waals surface area contributed by atoms with Crippen LogP contribution in [0.5, 0.6) is 5.75 Å². The van der Waals surface area contributed by atoms with E-state index < -0.39 is 0 Å². The molecular weight excluding hydrogens is 402 g/mol. The number of benzene rings is 3. The van der Waals surface area contributed by atoms with E-state index in [0.29, 0.717) is 6.61 Å². The Bertz CT molecular complexity index is 1090. The molecule has 0 bridgehead atoms. The van der Waals surface area contributed by atoms with Gasteiger partial charge in [0.15, 0.2) is 0 Å². The zero-order valence-corrected chi connectivity index (χ0v) is 18.4. The summed E-state index contributed by atoms with van der Waals surface area (Å²) in [5, 5.41) is 4.67. The fourth-order valence-corrected chi connectivity index (χ4v) is 5.31. The van der Waals surface area contributed by atoms with Crippen molar-refractivity contribution in [2.24, 2.45) is 0 Å². The zero-order valence-electron chi connectivity index (χ0n) is 17.5. The first-order valence-electron chi connectivity index (χ1n) is 10.9. The van der Waals surface area contributed by atoms with Crippen LogP contribution in [0.4, 0.5) is 0 Å². The highest BCUT2D eigenvalue weighted by Crippen LogP contribution is 2.38. The number of rotatable bonds is 6. The van der Waals surface area contributed by atoms with E-state index in [1.807, 2.05) is 6.07 Å². The van der Waals surface area contributed by atoms with E-state index in [0.717, 1.165) is 48.9 Å². The Morgan fingerprint density at radius 2 is 1.71 bits per heavy atom. The molecule has 1 N–H and O–H groups in total. The second-order valence-electron chi connectivity index (χ2n) is 7.87. The number of ether oxygens (including phenoxy) is 1. The van der Waals surface area contributed by atoms with E-state index in [9.17, 15) is 0 Å². The van der Waals surface area contributed by atoms with Gasteiger partial charge >= 0.3 is 0 Å². The van der Waals surface area contributed by atoms with Crippen molar-refractivity contribution in [3.63, 3.8) is 0 Å². The highest BCUT2D eigenvalue weighted by Gasteiger charge is 2.28. The van der Waals surface area contributed by atoms with E-state index in [-0.39, 0.29) is 6.04 Å². The SMILES string of the molecule is c1ccc(COc2ccccc2C(c2nc3ccccc3s2)N2CCCNCC2)cc1. The number of hydrogen-bond acceptors (Lipinski definition) is 5. The summed E-state index contributed by atoms with van der Waals surface area (Å²) < 4.78 is 7.59. The van der Waals surface area contributed by atoms with Gasteiger partial charge in [0.05, 0.1) is 16.3 Å². The zero-order chi connectivity index (χ0) is 20.9. The monoisotopic (exact) mass is 429 g/mol. The Kier molecular flexibility index (Phi) is 6.25. The lowest BCUT2D eigenvalue weighted by molar-refractivity contribution is 0.230. The van der Waals surface area contributed by atoms with E-state index >= 15 is 0 Å². The van der Waals surface area contributed by atoms with Gasteiger partial charge in [-0.1, -0.05) is 60.7 Å². The Hall–Kier alpha value is -2.73. The van der Waals surface area contributed by atoms with Gasteiger partial charge in [0, 0.05) is 25.2 Å². The molecule has 5 heteroatoms. The van der Waals surface area contributed by atoms with Crippen molar-refractivity contribution >= 4 is 21.6 Å². The number of aromatic nitrogens is 1. The molecule has 2 heterocycles. The van der Waals surface area contributed by atoms with Crippen LogP contribution in [0.1, 0.15) is 28.6 Å².